The van der Waals surface area contributed by atoms with E-state index in [-0.39, 0.29) is 5.56 Å². The zero-order valence-electron chi connectivity index (χ0n) is 6.18. The molecule has 0 aliphatic rings. The van der Waals surface area contributed by atoms with Crippen LogP contribution in [0.1, 0.15) is 15.9 Å². The number of rotatable bonds is 2. The van der Waals surface area contributed by atoms with Crippen molar-refractivity contribution in [2.24, 2.45) is 5.73 Å². The van der Waals surface area contributed by atoms with Crippen LogP contribution in [0.15, 0.2) is 18.2 Å². The highest BCUT2D eigenvalue weighted by atomic mass is 79.9. The quantitative estimate of drug-likeness (QED) is 0.776. The molecular weight excluding hydrogens is 225 g/mol. The van der Waals surface area contributed by atoms with Crippen LogP contribution in [0, 0.1) is 5.82 Å². The Morgan fingerprint density at radius 3 is 2.75 bits per heavy atom. The number of amides is 1. The minimum Gasteiger partial charge on any atom is -0.366 e. The first-order valence-electron chi connectivity index (χ1n) is 3.30. The summed E-state index contributed by atoms with van der Waals surface area (Å²) in [6, 6.07) is 4.56. The topological polar surface area (TPSA) is 43.1 Å². The summed E-state index contributed by atoms with van der Waals surface area (Å²) in [5.41, 5.74) is 5.32. The molecule has 0 aliphatic carbocycles. The largest absolute Gasteiger partial charge is 0.366 e. The molecule has 0 saturated heterocycles. The number of carbonyl (C=O) groups is 1. The maximum atomic E-state index is 13.2. The van der Waals surface area contributed by atoms with Crippen molar-refractivity contribution >= 4 is 21.8 Å². The first kappa shape index (κ1) is 9.19. The van der Waals surface area contributed by atoms with E-state index >= 15 is 0 Å². The molecule has 12 heavy (non-hydrogen) atoms. The Morgan fingerprint density at radius 1 is 1.58 bits per heavy atom. The van der Waals surface area contributed by atoms with Crippen molar-refractivity contribution in [3.05, 3.63) is 35.1 Å². The maximum absolute atomic E-state index is 13.2. The average molecular weight is 232 g/mol. The van der Waals surface area contributed by atoms with Gasteiger partial charge >= 0.3 is 0 Å². The Hall–Kier alpha value is -0.900. The fourth-order valence-electron chi connectivity index (χ4n) is 0.873. The number of alkyl halides is 1. The Morgan fingerprint density at radius 2 is 2.25 bits per heavy atom. The highest BCUT2D eigenvalue weighted by Crippen LogP contribution is 2.14. The highest BCUT2D eigenvalue weighted by molar-refractivity contribution is 9.08. The Labute approximate surface area is 77.7 Å². The van der Waals surface area contributed by atoms with Gasteiger partial charge in [0.05, 0.1) is 5.56 Å². The van der Waals surface area contributed by atoms with Crippen LogP contribution in [0.25, 0.3) is 0 Å². The summed E-state index contributed by atoms with van der Waals surface area (Å²) >= 11 is 3.10. The fourth-order valence-corrected chi connectivity index (χ4v) is 1.31. The second-order valence-corrected chi connectivity index (χ2v) is 2.84. The summed E-state index contributed by atoms with van der Waals surface area (Å²) in [4.78, 5) is 10.7. The third kappa shape index (κ3) is 1.64. The Kier molecular flexibility index (Phi) is 2.81. The predicted molar refractivity (Wildman–Crippen MR) is 47.5 cm³/mol. The van der Waals surface area contributed by atoms with E-state index in [1.54, 1.807) is 12.1 Å². The minimum atomic E-state index is -0.740. The van der Waals surface area contributed by atoms with Crippen LogP contribution in [0.3, 0.4) is 0 Å². The molecule has 1 aromatic rings. The molecule has 0 saturated carbocycles. The number of carbonyl (C=O) groups excluding carboxylic acids is 1. The van der Waals surface area contributed by atoms with Crippen LogP contribution in [0.4, 0.5) is 4.39 Å². The second kappa shape index (κ2) is 3.67. The summed E-state index contributed by atoms with van der Waals surface area (Å²) in [6.45, 7) is 0. The van der Waals surface area contributed by atoms with Crippen LogP contribution in [-0.2, 0) is 5.33 Å². The molecular formula is C8H7BrFNO. The first-order chi connectivity index (χ1) is 5.66. The van der Waals surface area contributed by atoms with Crippen molar-refractivity contribution in [3.8, 4) is 0 Å². The normalized spacial score (nSPS) is 9.83. The van der Waals surface area contributed by atoms with Gasteiger partial charge in [-0.05, 0) is 11.6 Å². The number of primary amides is 1. The SMILES string of the molecule is NC(=O)c1cccc(CBr)c1F. The monoisotopic (exact) mass is 231 g/mol. The summed E-state index contributed by atoms with van der Waals surface area (Å²) in [5.74, 6) is -1.28. The van der Waals surface area contributed by atoms with E-state index in [1.807, 2.05) is 0 Å². The lowest BCUT2D eigenvalue weighted by Gasteiger charge is -2.01. The van der Waals surface area contributed by atoms with Crippen molar-refractivity contribution in [2.45, 2.75) is 5.33 Å². The average Bonchev–Trinajstić information content (AvgIpc) is 2.04. The molecule has 4 heteroatoms. The molecule has 0 aromatic heterocycles. The highest BCUT2D eigenvalue weighted by Gasteiger charge is 2.10. The van der Waals surface area contributed by atoms with Gasteiger partial charge in [0.25, 0.3) is 5.91 Å². The molecule has 0 radical (unpaired) electrons. The van der Waals surface area contributed by atoms with Crippen molar-refractivity contribution in [2.75, 3.05) is 0 Å². The molecule has 0 unspecified atom stereocenters. The van der Waals surface area contributed by atoms with E-state index in [0.717, 1.165) is 0 Å². The molecule has 1 aromatic carbocycles. The second-order valence-electron chi connectivity index (χ2n) is 2.28. The van der Waals surface area contributed by atoms with Gasteiger partial charge in [0.2, 0.25) is 0 Å². The molecule has 0 aliphatic heterocycles. The van der Waals surface area contributed by atoms with Gasteiger partial charge in [0, 0.05) is 5.33 Å². The lowest BCUT2D eigenvalue weighted by Crippen LogP contribution is -2.13. The van der Waals surface area contributed by atoms with Gasteiger partial charge in [-0.3, -0.25) is 4.79 Å². The standard InChI is InChI=1S/C8H7BrFNO/c9-4-5-2-1-3-6(7(5)10)8(11)12/h1-3H,4H2,(H2,11,12). The number of nitrogens with two attached hydrogens (primary N) is 1. The van der Waals surface area contributed by atoms with E-state index < -0.39 is 11.7 Å². The van der Waals surface area contributed by atoms with Gasteiger partial charge in [-0.25, -0.2) is 4.39 Å². The Bertz CT molecular complexity index is 314. The lowest BCUT2D eigenvalue weighted by molar-refractivity contribution is 0.0996. The number of hydrogen-bond acceptors (Lipinski definition) is 1. The zero-order valence-corrected chi connectivity index (χ0v) is 7.77. The van der Waals surface area contributed by atoms with Gasteiger partial charge in [-0.1, -0.05) is 28.1 Å². The summed E-state index contributed by atoms with van der Waals surface area (Å²) in [6.07, 6.45) is 0. The molecule has 64 valence electrons. The molecule has 1 rings (SSSR count). The van der Waals surface area contributed by atoms with Crippen molar-refractivity contribution in [1.82, 2.24) is 0 Å². The van der Waals surface area contributed by atoms with Crippen LogP contribution >= 0.6 is 15.9 Å². The predicted octanol–water partition coefficient (Wildman–Crippen LogP) is 1.82. The summed E-state index contributed by atoms with van der Waals surface area (Å²) in [7, 11) is 0. The van der Waals surface area contributed by atoms with E-state index in [1.165, 1.54) is 6.07 Å². The third-order valence-corrected chi connectivity index (χ3v) is 2.09. The van der Waals surface area contributed by atoms with E-state index in [4.69, 9.17) is 5.73 Å². The van der Waals surface area contributed by atoms with Gasteiger partial charge in [-0.15, -0.1) is 0 Å². The van der Waals surface area contributed by atoms with Crippen molar-refractivity contribution in [3.63, 3.8) is 0 Å². The molecule has 0 spiro atoms. The van der Waals surface area contributed by atoms with Gasteiger partial charge in [0.15, 0.2) is 0 Å². The molecule has 0 atom stereocenters. The van der Waals surface area contributed by atoms with Gasteiger partial charge in [-0.2, -0.15) is 0 Å². The molecule has 0 bridgehead atoms. The maximum Gasteiger partial charge on any atom is 0.251 e. The molecule has 1 amide bonds. The van der Waals surface area contributed by atoms with Crippen LogP contribution in [-0.4, -0.2) is 5.91 Å². The van der Waals surface area contributed by atoms with Crippen LogP contribution in [0.2, 0.25) is 0 Å². The van der Waals surface area contributed by atoms with E-state index in [0.29, 0.717) is 10.9 Å². The van der Waals surface area contributed by atoms with Crippen molar-refractivity contribution in [1.29, 1.82) is 0 Å². The molecule has 2 nitrogen and oxygen atoms in total. The number of halogens is 2. The number of benzene rings is 1. The van der Waals surface area contributed by atoms with E-state index in [2.05, 4.69) is 15.9 Å². The number of hydrogen-bond donors (Lipinski definition) is 1. The lowest BCUT2D eigenvalue weighted by atomic mass is 10.1. The summed E-state index contributed by atoms with van der Waals surface area (Å²) in [5, 5.41) is 0.375. The summed E-state index contributed by atoms with van der Waals surface area (Å²) < 4.78 is 13.2. The molecule has 2 N–H and O–H groups in total. The van der Waals surface area contributed by atoms with E-state index in [9.17, 15) is 9.18 Å². The zero-order chi connectivity index (χ0) is 9.14. The smallest absolute Gasteiger partial charge is 0.251 e. The Balaban J connectivity index is 3.23. The van der Waals surface area contributed by atoms with Crippen LogP contribution < -0.4 is 5.73 Å². The van der Waals surface area contributed by atoms with Crippen molar-refractivity contribution < 1.29 is 9.18 Å². The molecule has 0 fully saturated rings. The molecule has 0 heterocycles. The fraction of sp³-hybridized carbons (Fsp3) is 0.125. The van der Waals surface area contributed by atoms with Gasteiger partial charge < -0.3 is 5.73 Å². The first-order valence-corrected chi connectivity index (χ1v) is 4.42. The van der Waals surface area contributed by atoms with Gasteiger partial charge in [0.1, 0.15) is 5.82 Å². The third-order valence-electron chi connectivity index (χ3n) is 1.49. The minimum absolute atomic E-state index is 0.0630. The van der Waals surface area contributed by atoms with Crippen LogP contribution in [0.5, 0.6) is 0 Å².